The average Bonchev–Trinajstić information content (AvgIpc) is 3.43. The maximum Gasteiger partial charge on any atom is 0.319 e. The van der Waals surface area contributed by atoms with Crippen LogP contribution in [-0.4, -0.2) is 72.5 Å². The fraction of sp³-hybridized carbons (Fsp3) is 0.636. The molecule has 160 valence electrons. The molecular formula is C22H33ClN4O2. The van der Waals surface area contributed by atoms with Gasteiger partial charge in [-0.1, -0.05) is 30.3 Å². The lowest BCUT2D eigenvalue weighted by Crippen LogP contribution is -2.48. The van der Waals surface area contributed by atoms with E-state index in [1.54, 1.807) is 0 Å². The second-order valence-corrected chi connectivity index (χ2v) is 8.49. The minimum Gasteiger partial charge on any atom is -0.341 e. The molecule has 2 atom stereocenters. The van der Waals surface area contributed by atoms with E-state index in [4.69, 9.17) is 5.73 Å². The molecular weight excluding hydrogens is 388 g/mol. The minimum atomic E-state index is 0. The topological polar surface area (TPSA) is 69.9 Å². The van der Waals surface area contributed by atoms with Crippen LogP contribution in [0.2, 0.25) is 0 Å². The van der Waals surface area contributed by atoms with E-state index < -0.39 is 0 Å². The highest BCUT2D eigenvalue weighted by Gasteiger charge is 2.39. The van der Waals surface area contributed by atoms with Crippen molar-refractivity contribution in [3.05, 3.63) is 35.9 Å². The zero-order valence-electron chi connectivity index (χ0n) is 17.0. The highest BCUT2D eigenvalue weighted by Crippen LogP contribution is 2.34. The molecule has 3 saturated heterocycles. The van der Waals surface area contributed by atoms with Crippen molar-refractivity contribution in [1.29, 1.82) is 0 Å². The van der Waals surface area contributed by atoms with Crippen molar-refractivity contribution in [1.82, 2.24) is 14.7 Å². The van der Waals surface area contributed by atoms with Gasteiger partial charge >= 0.3 is 6.03 Å². The lowest BCUT2D eigenvalue weighted by molar-refractivity contribution is -0.136. The maximum absolute atomic E-state index is 13.1. The summed E-state index contributed by atoms with van der Waals surface area (Å²) in [6, 6.07) is 10.6. The number of nitrogens with zero attached hydrogens (tertiary/aromatic N) is 3. The molecule has 0 aliphatic carbocycles. The highest BCUT2D eigenvalue weighted by molar-refractivity contribution is 5.85. The Labute approximate surface area is 179 Å². The Kier molecular flexibility index (Phi) is 7.41. The summed E-state index contributed by atoms with van der Waals surface area (Å²) >= 11 is 0. The van der Waals surface area contributed by atoms with Crippen LogP contribution in [0.4, 0.5) is 4.79 Å². The van der Waals surface area contributed by atoms with Gasteiger partial charge in [-0.25, -0.2) is 4.79 Å². The average molecular weight is 421 g/mol. The number of urea groups is 1. The standard InChI is InChI=1S/C22H32N4O2.ClH/c23-14-19-15-26(16-20(19)17-6-2-1-3-7-17)21(27)18-8-12-25(13-9-18)22(28)24-10-4-5-11-24;/h1-3,6-7,18-20H,4-5,8-16,23H2;1H/t19-,20+;/m1./s1. The molecule has 29 heavy (non-hydrogen) atoms. The number of nitrogens with two attached hydrogens (primary N) is 1. The zero-order chi connectivity index (χ0) is 19.5. The molecule has 2 N–H and O–H groups in total. The van der Waals surface area contributed by atoms with Gasteiger partial charge in [-0.15, -0.1) is 12.4 Å². The van der Waals surface area contributed by atoms with Crippen LogP contribution < -0.4 is 5.73 Å². The van der Waals surface area contributed by atoms with Crippen molar-refractivity contribution in [3.63, 3.8) is 0 Å². The SMILES string of the molecule is Cl.NC[C@@H]1CN(C(=O)C2CCN(C(=O)N3CCCC3)CC2)C[C@H]1c1ccccc1. The van der Waals surface area contributed by atoms with E-state index >= 15 is 0 Å². The van der Waals surface area contributed by atoms with Crippen molar-refractivity contribution >= 4 is 24.3 Å². The van der Waals surface area contributed by atoms with Gasteiger partial charge in [-0.05, 0) is 43.7 Å². The molecule has 1 aromatic rings. The number of likely N-dealkylation sites (tertiary alicyclic amines) is 3. The summed E-state index contributed by atoms with van der Waals surface area (Å²) < 4.78 is 0. The number of carbonyl (C=O) groups is 2. The van der Waals surface area contributed by atoms with Crippen molar-refractivity contribution in [3.8, 4) is 0 Å². The molecule has 1 aromatic carbocycles. The van der Waals surface area contributed by atoms with Crippen LogP contribution in [0.25, 0.3) is 0 Å². The summed E-state index contributed by atoms with van der Waals surface area (Å²) in [4.78, 5) is 31.6. The van der Waals surface area contributed by atoms with E-state index in [-0.39, 0.29) is 30.3 Å². The van der Waals surface area contributed by atoms with Crippen molar-refractivity contribution in [2.75, 3.05) is 45.8 Å². The van der Waals surface area contributed by atoms with Crippen LogP contribution in [0.15, 0.2) is 30.3 Å². The summed E-state index contributed by atoms with van der Waals surface area (Å²) in [5, 5.41) is 0. The molecule has 0 spiro atoms. The number of halogens is 1. The molecule has 3 aliphatic rings. The van der Waals surface area contributed by atoms with Crippen LogP contribution in [0.3, 0.4) is 0 Å². The molecule has 3 aliphatic heterocycles. The van der Waals surface area contributed by atoms with Crippen molar-refractivity contribution < 1.29 is 9.59 Å². The molecule has 0 aromatic heterocycles. The number of hydrogen-bond donors (Lipinski definition) is 1. The lowest BCUT2D eigenvalue weighted by atomic mass is 9.89. The molecule has 0 radical (unpaired) electrons. The highest BCUT2D eigenvalue weighted by atomic mass is 35.5. The van der Waals surface area contributed by atoms with E-state index in [1.807, 2.05) is 20.8 Å². The van der Waals surface area contributed by atoms with Crippen molar-refractivity contribution in [2.45, 2.75) is 31.6 Å². The van der Waals surface area contributed by atoms with Gasteiger partial charge in [0.15, 0.2) is 0 Å². The third-order valence-electron chi connectivity index (χ3n) is 6.77. The zero-order valence-corrected chi connectivity index (χ0v) is 17.9. The molecule has 3 fully saturated rings. The molecule has 3 amide bonds. The van der Waals surface area contributed by atoms with Crippen LogP contribution in [0, 0.1) is 11.8 Å². The number of hydrogen-bond acceptors (Lipinski definition) is 3. The van der Waals surface area contributed by atoms with Gasteiger partial charge in [0, 0.05) is 51.1 Å². The Morgan fingerprint density at radius 1 is 0.897 bits per heavy atom. The largest absolute Gasteiger partial charge is 0.341 e. The molecule has 3 heterocycles. The van der Waals surface area contributed by atoms with Crippen molar-refractivity contribution in [2.24, 2.45) is 17.6 Å². The third-order valence-corrected chi connectivity index (χ3v) is 6.77. The van der Waals surface area contributed by atoms with Gasteiger partial charge in [0.25, 0.3) is 0 Å². The monoisotopic (exact) mass is 420 g/mol. The molecule has 7 heteroatoms. The van der Waals surface area contributed by atoms with Gasteiger partial charge in [0.1, 0.15) is 0 Å². The van der Waals surface area contributed by atoms with Gasteiger partial charge in [-0.3, -0.25) is 4.79 Å². The predicted octanol–water partition coefficient (Wildman–Crippen LogP) is 2.54. The first-order valence-corrected chi connectivity index (χ1v) is 10.7. The quantitative estimate of drug-likeness (QED) is 0.816. The number of piperidine rings is 1. The normalized spacial score (nSPS) is 25.2. The molecule has 0 saturated carbocycles. The molecule has 4 rings (SSSR count). The number of amides is 3. The smallest absolute Gasteiger partial charge is 0.319 e. The summed E-state index contributed by atoms with van der Waals surface area (Å²) in [6.45, 7) is 5.27. The van der Waals surface area contributed by atoms with E-state index in [1.165, 1.54) is 5.56 Å². The first-order chi connectivity index (χ1) is 13.7. The van der Waals surface area contributed by atoms with Crippen LogP contribution in [0.5, 0.6) is 0 Å². The van der Waals surface area contributed by atoms with E-state index in [0.29, 0.717) is 31.5 Å². The Morgan fingerprint density at radius 2 is 1.52 bits per heavy atom. The fourth-order valence-corrected chi connectivity index (χ4v) is 5.05. The predicted molar refractivity (Wildman–Crippen MR) is 116 cm³/mol. The molecule has 6 nitrogen and oxygen atoms in total. The summed E-state index contributed by atoms with van der Waals surface area (Å²) in [5.41, 5.74) is 7.30. The minimum absolute atomic E-state index is 0. The summed E-state index contributed by atoms with van der Waals surface area (Å²) in [6.07, 6.45) is 3.78. The number of benzene rings is 1. The Bertz CT molecular complexity index is 687. The summed E-state index contributed by atoms with van der Waals surface area (Å²) in [5.74, 6) is 0.941. The Morgan fingerprint density at radius 3 is 2.14 bits per heavy atom. The van der Waals surface area contributed by atoms with Gasteiger partial charge in [0.2, 0.25) is 5.91 Å². The van der Waals surface area contributed by atoms with E-state index in [9.17, 15) is 9.59 Å². The second-order valence-electron chi connectivity index (χ2n) is 8.49. The lowest BCUT2D eigenvalue weighted by Gasteiger charge is -2.35. The third kappa shape index (κ3) is 4.69. The second kappa shape index (κ2) is 9.81. The Balaban J connectivity index is 0.00000240. The number of carbonyl (C=O) groups excluding carboxylic acids is 2. The summed E-state index contributed by atoms with van der Waals surface area (Å²) in [7, 11) is 0. The van der Waals surface area contributed by atoms with Gasteiger partial charge in [0.05, 0.1) is 0 Å². The first-order valence-electron chi connectivity index (χ1n) is 10.7. The van der Waals surface area contributed by atoms with E-state index in [2.05, 4.69) is 24.3 Å². The number of rotatable bonds is 3. The van der Waals surface area contributed by atoms with Gasteiger partial charge < -0.3 is 20.4 Å². The molecule has 0 bridgehead atoms. The van der Waals surface area contributed by atoms with E-state index in [0.717, 1.165) is 51.9 Å². The van der Waals surface area contributed by atoms with Gasteiger partial charge in [-0.2, -0.15) is 0 Å². The van der Waals surface area contributed by atoms with Crippen LogP contribution >= 0.6 is 12.4 Å². The Hall–Kier alpha value is -1.79. The fourth-order valence-electron chi connectivity index (χ4n) is 5.05. The van der Waals surface area contributed by atoms with Crippen LogP contribution in [0.1, 0.15) is 37.2 Å². The first kappa shape index (κ1) is 21.9. The van der Waals surface area contributed by atoms with Crippen LogP contribution in [-0.2, 0) is 4.79 Å². The molecule has 0 unspecified atom stereocenters. The maximum atomic E-state index is 13.1.